The number of para-hydroxylation sites is 1. The minimum Gasteiger partial charge on any atom is -0.492 e. The zero-order valence-corrected chi connectivity index (χ0v) is 14.0. The normalized spacial score (nSPS) is 13.5. The van der Waals surface area contributed by atoms with E-state index in [0.717, 1.165) is 11.8 Å². The Kier molecular flexibility index (Phi) is 6.02. The molecule has 0 bridgehead atoms. The van der Waals surface area contributed by atoms with Crippen molar-refractivity contribution in [1.29, 1.82) is 0 Å². The minimum atomic E-state index is -4.54. The van der Waals surface area contributed by atoms with E-state index < -0.39 is 23.5 Å². The molecule has 0 aliphatic carbocycles. The minimum absolute atomic E-state index is 0.0258. The number of nitrogens with zero attached hydrogens (tertiary/aromatic N) is 1. The van der Waals surface area contributed by atoms with Crippen molar-refractivity contribution in [3.63, 3.8) is 0 Å². The molecular formula is C18H21F3N2O2. The Labute approximate surface area is 144 Å². The maximum atomic E-state index is 12.7. The first-order valence-corrected chi connectivity index (χ1v) is 7.82. The molecule has 1 atom stereocenters. The molecule has 0 spiro atoms. The number of rotatable bonds is 7. The number of aromatic nitrogens is 1. The fraction of sp³-hybridized carbons (Fsp3) is 0.389. The number of benzene rings is 1. The number of halogens is 3. The van der Waals surface area contributed by atoms with Crippen molar-refractivity contribution in [2.45, 2.75) is 31.7 Å². The Morgan fingerprint density at radius 3 is 2.40 bits per heavy atom. The van der Waals surface area contributed by atoms with Crippen LogP contribution in [0.2, 0.25) is 0 Å². The van der Waals surface area contributed by atoms with Crippen molar-refractivity contribution in [1.82, 2.24) is 10.3 Å². The third-order valence-electron chi connectivity index (χ3n) is 3.52. The quantitative estimate of drug-likeness (QED) is 0.798. The smallest absolute Gasteiger partial charge is 0.433 e. The largest absolute Gasteiger partial charge is 0.492 e. The monoisotopic (exact) mass is 354 g/mol. The summed E-state index contributed by atoms with van der Waals surface area (Å²) < 4.78 is 43.7. The zero-order chi connectivity index (χ0) is 18.5. The summed E-state index contributed by atoms with van der Waals surface area (Å²) in [4.78, 5) is 3.49. The Hall–Kier alpha value is -2.12. The summed E-state index contributed by atoms with van der Waals surface area (Å²) in [5.74, 6) is 0.720. The molecule has 1 aromatic heterocycles. The van der Waals surface area contributed by atoms with E-state index in [2.05, 4.69) is 10.3 Å². The number of alkyl halides is 3. The van der Waals surface area contributed by atoms with E-state index in [0.29, 0.717) is 6.61 Å². The molecule has 0 saturated heterocycles. The van der Waals surface area contributed by atoms with Crippen LogP contribution in [-0.2, 0) is 6.18 Å². The van der Waals surface area contributed by atoms with Crippen LogP contribution in [0, 0.1) is 0 Å². The van der Waals surface area contributed by atoms with Gasteiger partial charge in [0.2, 0.25) is 0 Å². The summed E-state index contributed by atoms with van der Waals surface area (Å²) >= 11 is 0. The number of aliphatic hydroxyl groups is 1. The summed E-state index contributed by atoms with van der Waals surface area (Å²) in [5, 5.41) is 13.2. The highest BCUT2D eigenvalue weighted by atomic mass is 19.4. The maximum Gasteiger partial charge on any atom is 0.433 e. The van der Waals surface area contributed by atoms with Crippen LogP contribution in [0.25, 0.3) is 0 Å². The first-order valence-electron chi connectivity index (χ1n) is 7.82. The van der Waals surface area contributed by atoms with Gasteiger partial charge in [0, 0.05) is 12.1 Å². The number of ether oxygens (including phenoxy) is 1. The molecule has 136 valence electrons. The lowest BCUT2D eigenvalue weighted by atomic mass is 10.1. The number of hydrogen-bond donors (Lipinski definition) is 2. The van der Waals surface area contributed by atoms with Gasteiger partial charge in [-0.1, -0.05) is 24.3 Å². The van der Waals surface area contributed by atoms with Crippen LogP contribution in [0.1, 0.15) is 31.3 Å². The molecule has 0 saturated carbocycles. The number of β-amino-alcohol motifs (C(OH)–C–C–N with tert-alkyl or cyclic N) is 1. The van der Waals surface area contributed by atoms with Gasteiger partial charge in [-0.25, -0.2) is 4.98 Å². The van der Waals surface area contributed by atoms with Crippen molar-refractivity contribution in [3.05, 3.63) is 59.9 Å². The van der Waals surface area contributed by atoms with Gasteiger partial charge in [-0.3, -0.25) is 0 Å². The predicted molar refractivity (Wildman–Crippen MR) is 88.2 cm³/mol. The molecule has 0 aliphatic rings. The average molecular weight is 354 g/mol. The van der Waals surface area contributed by atoms with Gasteiger partial charge < -0.3 is 15.2 Å². The number of pyridine rings is 1. The first-order chi connectivity index (χ1) is 11.7. The lowest BCUT2D eigenvalue weighted by Gasteiger charge is -2.27. The van der Waals surface area contributed by atoms with Gasteiger partial charge >= 0.3 is 6.18 Å². The van der Waals surface area contributed by atoms with E-state index in [1.807, 2.05) is 44.2 Å². The lowest BCUT2D eigenvalue weighted by molar-refractivity contribution is -0.141. The molecule has 1 aromatic carbocycles. The molecule has 2 rings (SSSR count). The van der Waals surface area contributed by atoms with Gasteiger partial charge in [0.15, 0.2) is 0 Å². The summed E-state index contributed by atoms with van der Waals surface area (Å²) in [5.41, 5.74) is -1.53. The molecule has 2 N–H and O–H groups in total. The van der Waals surface area contributed by atoms with Crippen LogP contribution in [0.5, 0.6) is 5.75 Å². The molecule has 0 aliphatic heterocycles. The van der Waals surface area contributed by atoms with Crippen LogP contribution in [0.4, 0.5) is 13.2 Å². The molecular weight excluding hydrogens is 333 g/mol. The number of nitrogens with one attached hydrogen (secondary N) is 1. The fourth-order valence-electron chi connectivity index (χ4n) is 2.10. The van der Waals surface area contributed by atoms with Gasteiger partial charge in [-0.05, 0) is 38.1 Å². The van der Waals surface area contributed by atoms with Crippen molar-refractivity contribution in [2.24, 2.45) is 0 Å². The second-order valence-electron chi connectivity index (χ2n) is 6.33. The predicted octanol–water partition coefficient (Wildman–Crippen LogP) is 3.58. The van der Waals surface area contributed by atoms with Crippen molar-refractivity contribution < 1.29 is 23.0 Å². The highest BCUT2D eigenvalue weighted by Gasteiger charge is 2.33. The highest BCUT2D eigenvalue weighted by molar-refractivity contribution is 5.21. The molecule has 0 radical (unpaired) electrons. The van der Waals surface area contributed by atoms with Crippen LogP contribution >= 0.6 is 0 Å². The molecule has 2 aromatic rings. The van der Waals surface area contributed by atoms with E-state index in [4.69, 9.17) is 4.74 Å². The Morgan fingerprint density at radius 1 is 1.08 bits per heavy atom. The summed E-state index contributed by atoms with van der Waals surface area (Å²) in [6.07, 6.45) is -5.69. The van der Waals surface area contributed by atoms with E-state index >= 15 is 0 Å². The Bertz CT molecular complexity index is 676. The summed E-state index contributed by atoms with van der Waals surface area (Å²) in [7, 11) is 0. The lowest BCUT2D eigenvalue weighted by Crippen LogP contribution is -2.46. The SMILES string of the molecule is CC(C)(COc1ccccc1)NC[C@@H](O)c1cccc(C(F)(F)F)n1. The summed E-state index contributed by atoms with van der Waals surface area (Å²) in [6.45, 7) is 4.14. The zero-order valence-electron chi connectivity index (χ0n) is 14.0. The average Bonchev–Trinajstić information content (AvgIpc) is 2.58. The molecule has 25 heavy (non-hydrogen) atoms. The molecule has 0 fully saturated rings. The van der Waals surface area contributed by atoms with Crippen molar-refractivity contribution in [2.75, 3.05) is 13.2 Å². The van der Waals surface area contributed by atoms with Crippen LogP contribution in [-0.4, -0.2) is 28.8 Å². The third kappa shape index (κ3) is 6.03. The second-order valence-corrected chi connectivity index (χ2v) is 6.33. The van der Waals surface area contributed by atoms with Gasteiger partial charge in [0.1, 0.15) is 24.2 Å². The molecule has 4 nitrogen and oxygen atoms in total. The van der Waals surface area contributed by atoms with E-state index in [1.165, 1.54) is 12.1 Å². The van der Waals surface area contributed by atoms with Gasteiger partial charge in [0.25, 0.3) is 0 Å². The van der Waals surface area contributed by atoms with Crippen LogP contribution in [0.3, 0.4) is 0 Å². The van der Waals surface area contributed by atoms with Crippen molar-refractivity contribution in [3.8, 4) is 5.75 Å². The van der Waals surface area contributed by atoms with Crippen LogP contribution < -0.4 is 10.1 Å². The molecule has 1 heterocycles. The number of hydrogen-bond acceptors (Lipinski definition) is 4. The van der Waals surface area contributed by atoms with E-state index in [9.17, 15) is 18.3 Å². The molecule has 7 heteroatoms. The Morgan fingerprint density at radius 2 is 1.76 bits per heavy atom. The van der Waals surface area contributed by atoms with E-state index in [1.54, 1.807) is 0 Å². The standard InChI is InChI=1S/C18H21F3N2O2/c1-17(2,12-25-13-7-4-3-5-8-13)22-11-15(24)14-9-6-10-16(23-14)18(19,20)21/h3-10,15,22,24H,11-12H2,1-2H3/t15-/m1/s1. The molecule has 0 unspecified atom stereocenters. The topological polar surface area (TPSA) is 54.4 Å². The van der Waals surface area contributed by atoms with Gasteiger partial charge in [0.05, 0.1) is 5.69 Å². The van der Waals surface area contributed by atoms with Gasteiger partial charge in [-0.2, -0.15) is 13.2 Å². The first kappa shape index (κ1) is 19.2. The van der Waals surface area contributed by atoms with Crippen molar-refractivity contribution >= 4 is 0 Å². The Balaban J connectivity index is 1.91. The van der Waals surface area contributed by atoms with Crippen LogP contribution in [0.15, 0.2) is 48.5 Å². The summed E-state index contributed by atoms with van der Waals surface area (Å²) in [6, 6.07) is 12.7. The second kappa shape index (κ2) is 7.84. The fourth-order valence-corrected chi connectivity index (χ4v) is 2.10. The molecule has 0 amide bonds. The van der Waals surface area contributed by atoms with E-state index in [-0.39, 0.29) is 12.2 Å². The van der Waals surface area contributed by atoms with Gasteiger partial charge in [-0.15, -0.1) is 0 Å². The number of aliphatic hydroxyl groups excluding tert-OH is 1. The third-order valence-corrected chi connectivity index (χ3v) is 3.52. The highest BCUT2D eigenvalue weighted by Crippen LogP contribution is 2.28. The maximum absolute atomic E-state index is 12.7.